The maximum Gasteiger partial charge on any atom is 0.123 e. The van der Waals surface area contributed by atoms with Crippen LogP contribution in [0.1, 0.15) is 19.3 Å². The highest BCUT2D eigenvalue weighted by molar-refractivity contribution is 7.08. The van der Waals surface area contributed by atoms with E-state index in [0.29, 0.717) is 5.92 Å². The third-order valence-corrected chi connectivity index (χ3v) is 6.11. The predicted molar refractivity (Wildman–Crippen MR) is 99.7 cm³/mol. The third-order valence-electron chi connectivity index (χ3n) is 5.43. The smallest absolute Gasteiger partial charge is 0.123 e. The van der Waals surface area contributed by atoms with Crippen molar-refractivity contribution in [3.05, 3.63) is 53.1 Å². The standard InChI is InChI=1S/C20H23FN2S/c1-14(10-17-12-23-7-4-15(17)5-8-23)22-20-3-2-18(21)11-19(20)16-6-9-24-13-16/h2-3,6,9,11,13,15,17,22H,1,4-5,7-8,10,12H2. The number of anilines is 1. The van der Waals surface area contributed by atoms with Crippen LogP contribution in [-0.4, -0.2) is 24.5 Å². The molecule has 1 aromatic heterocycles. The van der Waals surface area contributed by atoms with Gasteiger partial charge in [0, 0.05) is 23.5 Å². The molecule has 4 heterocycles. The molecule has 0 radical (unpaired) electrons. The van der Waals surface area contributed by atoms with Crippen LogP contribution in [0.5, 0.6) is 0 Å². The highest BCUT2D eigenvalue weighted by Crippen LogP contribution is 2.37. The Bertz CT molecular complexity index is 717. The summed E-state index contributed by atoms with van der Waals surface area (Å²) in [4.78, 5) is 2.58. The number of fused-ring (bicyclic) bond motifs is 3. The minimum atomic E-state index is -0.204. The van der Waals surface area contributed by atoms with E-state index in [9.17, 15) is 4.39 Å². The lowest BCUT2D eigenvalue weighted by atomic mass is 9.77. The summed E-state index contributed by atoms with van der Waals surface area (Å²) in [6.45, 7) is 7.98. The van der Waals surface area contributed by atoms with Crippen LogP contribution < -0.4 is 5.32 Å². The van der Waals surface area contributed by atoms with Gasteiger partial charge in [0.15, 0.2) is 0 Å². The van der Waals surface area contributed by atoms with Gasteiger partial charge in [0.05, 0.1) is 0 Å². The highest BCUT2D eigenvalue weighted by Gasteiger charge is 2.34. The molecular weight excluding hydrogens is 319 g/mol. The van der Waals surface area contributed by atoms with Crippen molar-refractivity contribution in [3.8, 4) is 11.1 Å². The normalized spacial score (nSPS) is 25.6. The van der Waals surface area contributed by atoms with Crippen LogP contribution in [0.3, 0.4) is 0 Å². The summed E-state index contributed by atoms with van der Waals surface area (Å²) >= 11 is 1.63. The number of piperidine rings is 3. The van der Waals surface area contributed by atoms with Crippen LogP contribution in [0.2, 0.25) is 0 Å². The Morgan fingerprint density at radius 2 is 2.12 bits per heavy atom. The second kappa shape index (κ2) is 6.69. The zero-order valence-corrected chi connectivity index (χ0v) is 14.6. The second-order valence-electron chi connectivity index (χ2n) is 7.03. The molecule has 3 aliphatic rings. The van der Waals surface area contributed by atoms with E-state index in [1.54, 1.807) is 17.4 Å². The van der Waals surface area contributed by atoms with Gasteiger partial charge in [0.25, 0.3) is 0 Å². The average Bonchev–Trinajstić information content (AvgIpc) is 3.12. The van der Waals surface area contributed by atoms with Gasteiger partial charge in [0.2, 0.25) is 0 Å². The maximum absolute atomic E-state index is 13.7. The number of allylic oxidation sites excluding steroid dienone is 1. The Kier molecular flexibility index (Phi) is 4.42. The molecule has 1 aromatic carbocycles. The Morgan fingerprint density at radius 3 is 2.79 bits per heavy atom. The molecule has 1 unspecified atom stereocenters. The van der Waals surface area contributed by atoms with Crippen molar-refractivity contribution in [2.24, 2.45) is 11.8 Å². The molecular formula is C20H23FN2S. The van der Waals surface area contributed by atoms with Crippen molar-refractivity contribution in [2.75, 3.05) is 25.0 Å². The number of thiophene rings is 1. The van der Waals surface area contributed by atoms with Crippen LogP contribution in [0.4, 0.5) is 10.1 Å². The number of nitrogens with zero attached hydrogens (tertiary/aromatic N) is 1. The van der Waals surface area contributed by atoms with Crippen molar-refractivity contribution in [3.63, 3.8) is 0 Å². The maximum atomic E-state index is 13.7. The average molecular weight is 342 g/mol. The second-order valence-corrected chi connectivity index (χ2v) is 7.81. The van der Waals surface area contributed by atoms with Crippen molar-refractivity contribution < 1.29 is 4.39 Å². The molecule has 24 heavy (non-hydrogen) atoms. The minimum Gasteiger partial charge on any atom is -0.359 e. The summed E-state index contributed by atoms with van der Waals surface area (Å²) in [6, 6.07) is 6.97. The lowest BCUT2D eigenvalue weighted by Gasteiger charge is -2.45. The molecule has 2 aromatic rings. The van der Waals surface area contributed by atoms with Gasteiger partial charge in [-0.3, -0.25) is 0 Å². The van der Waals surface area contributed by atoms with E-state index in [1.165, 1.54) is 38.5 Å². The fourth-order valence-electron chi connectivity index (χ4n) is 4.16. The van der Waals surface area contributed by atoms with Gasteiger partial charge >= 0.3 is 0 Å². The predicted octanol–water partition coefficient (Wildman–Crippen LogP) is 5.21. The van der Waals surface area contributed by atoms with E-state index in [-0.39, 0.29) is 5.82 Å². The monoisotopic (exact) mass is 342 g/mol. The molecule has 4 heteroatoms. The van der Waals surface area contributed by atoms with Gasteiger partial charge in [-0.25, -0.2) is 4.39 Å². The number of hydrogen-bond donors (Lipinski definition) is 1. The van der Waals surface area contributed by atoms with E-state index in [0.717, 1.165) is 34.9 Å². The van der Waals surface area contributed by atoms with Crippen LogP contribution >= 0.6 is 11.3 Å². The Hall–Kier alpha value is -1.65. The van der Waals surface area contributed by atoms with Crippen molar-refractivity contribution >= 4 is 17.0 Å². The summed E-state index contributed by atoms with van der Waals surface area (Å²) in [6.07, 6.45) is 3.66. The molecule has 0 amide bonds. The molecule has 3 aliphatic heterocycles. The first-order valence-electron chi connectivity index (χ1n) is 8.68. The SMILES string of the molecule is C=C(CC1CN2CCC1CC2)Nc1ccc(F)cc1-c1ccsc1. The molecule has 3 fully saturated rings. The van der Waals surface area contributed by atoms with Gasteiger partial charge in [0.1, 0.15) is 5.82 Å². The zero-order chi connectivity index (χ0) is 16.5. The number of benzene rings is 1. The highest BCUT2D eigenvalue weighted by atomic mass is 32.1. The van der Waals surface area contributed by atoms with E-state index in [1.807, 2.05) is 17.5 Å². The number of hydrogen-bond acceptors (Lipinski definition) is 3. The largest absolute Gasteiger partial charge is 0.359 e. The number of nitrogens with one attached hydrogen (secondary N) is 1. The summed E-state index contributed by atoms with van der Waals surface area (Å²) in [7, 11) is 0. The van der Waals surface area contributed by atoms with E-state index in [4.69, 9.17) is 0 Å². The van der Waals surface area contributed by atoms with Gasteiger partial charge in [-0.2, -0.15) is 11.3 Å². The fourth-order valence-corrected chi connectivity index (χ4v) is 4.81. The van der Waals surface area contributed by atoms with Gasteiger partial charge in [-0.15, -0.1) is 0 Å². The first-order chi connectivity index (χ1) is 11.7. The van der Waals surface area contributed by atoms with E-state index >= 15 is 0 Å². The molecule has 0 spiro atoms. The molecule has 5 rings (SSSR count). The Balaban J connectivity index is 1.48. The molecule has 1 N–H and O–H groups in total. The van der Waals surface area contributed by atoms with Crippen LogP contribution in [0.15, 0.2) is 47.3 Å². The lowest BCUT2D eigenvalue weighted by molar-refractivity contribution is 0.0514. The molecule has 2 bridgehead atoms. The lowest BCUT2D eigenvalue weighted by Crippen LogP contribution is -2.47. The van der Waals surface area contributed by atoms with Gasteiger partial charge < -0.3 is 10.2 Å². The van der Waals surface area contributed by atoms with Crippen molar-refractivity contribution in [1.29, 1.82) is 0 Å². The summed E-state index contributed by atoms with van der Waals surface area (Å²) in [5.74, 6) is 1.35. The quantitative estimate of drug-likeness (QED) is 0.802. The number of rotatable bonds is 5. The Labute approximate surface area is 147 Å². The first kappa shape index (κ1) is 15.9. The minimum absolute atomic E-state index is 0.204. The molecule has 1 atom stereocenters. The van der Waals surface area contributed by atoms with Crippen LogP contribution in [-0.2, 0) is 0 Å². The van der Waals surface area contributed by atoms with Crippen molar-refractivity contribution in [2.45, 2.75) is 19.3 Å². The molecule has 3 saturated heterocycles. The van der Waals surface area contributed by atoms with Crippen LogP contribution in [0, 0.1) is 17.7 Å². The topological polar surface area (TPSA) is 15.3 Å². The van der Waals surface area contributed by atoms with Crippen LogP contribution in [0.25, 0.3) is 11.1 Å². The third kappa shape index (κ3) is 3.26. The summed E-state index contributed by atoms with van der Waals surface area (Å²) in [5.41, 5.74) is 3.95. The van der Waals surface area contributed by atoms with E-state index in [2.05, 4.69) is 22.2 Å². The summed E-state index contributed by atoms with van der Waals surface area (Å²) in [5, 5.41) is 7.53. The zero-order valence-electron chi connectivity index (χ0n) is 13.8. The first-order valence-corrected chi connectivity index (χ1v) is 9.62. The van der Waals surface area contributed by atoms with Gasteiger partial charge in [-0.1, -0.05) is 6.58 Å². The fraction of sp³-hybridized carbons (Fsp3) is 0.400. The molecule has 0 saturated carbocycles. The van der Waals surface area contributed by atoms with Gasteiger partial charge in [-0.05, 0) is 84.8 Å². The Morgan fingerprint density at radius 1 is 1.29 bits per heavy atom. The molecule has 126 valence electrons. The number of halogens is 1. The summed E-state index contributed by atoms with van der Waals surface area (Å²) < 4.78 is 13.7. The van der Waals surface area contributed by atoms with E-state index < -0.39 is 0 Å². The molecule has 2 nitrogen and oxygen atoms in total. The molecule has 0 aliphatic carbocycles. The van der Waals surface area contributed by atoms with Crippen molar-refractivity contribution in [1.82, 2.24) is 4.90 Å².